The number of carbonyl (C=O) groups excluding carboxylic acids is 1. The van der Waals surface area contributed by atoms with Crippen molar-refractivity contribution in [2.24, 2.45) is 0 Å². The number of hydrogen-bond acceptors (Lipinski definition) is 4. The molecule has 0 amide bonds. The van der Waals surface area contributed by atoms with Gasteiger partial charge in [-0.05, 0) is 51.0 Å². The number of aromatic nitrogens is 4. The molecule has 0 aliphatic heterocycles. The van der Waals surface area contributed by atoms with Gasteiger partial charge in [-0.1, -0.05) is 6.07 Å². The van der Waals surface area contributed by atoms with Crippen LogP contribution in [-0.2, 0) is 0 Å². The Balaban J connectivity index is 1.61. The summed E-state index contributed by atoms with van der Waals surface area (Å²) in [5.74, 6) is 0.610. The first-order chi connectivity index (χ1) is 13.1. The average Bonchev–Trinajstić information content (AvgIpc) is 3.23. The molecule has 0 bridgehead atoms. The van der Waals surface area contributed by atoms with Crippen molar-refractivity contribution in [1.82, 2.24) is 19.7 Å². The minimum absolute atomic E-state index is 0.168. The van der Waals surface area contributed by atoms with Gasteiger partial charge in [-0.15, -0.1) is 0 Å². The maximum absolute atomic E-state index is 13.1. The first-order valence-electron chi connectivity index (χ1n) is 9.28. The van der Waals surface area contributed by atoms with E-state index >= 15 is 0 Å². The van der Waals surface area contributed by atoms with Crippen LogP contribution in [0.15, 0.2) is 42.7 Å². The molecule has 136 valence electrons. The van der Waals surface area contributed by atoms with Crippen molar-refractivity contribution in [2.75, 3.05) is 0 Å². The lowest BCUT2D eigenvalue weighted by atomic mass is 10.1. The number of benzene rings is 1. The molecule has 0 radical (unpaired) electrons. The van der Waals surface area contributed by atoms with Crippen LogP contribution >= 0.6 is 0 Å². The predicted octanol–water partition coefficient (Wildman–Crippen LogP) is 4.59. The Bertz CT molecular complexity index is 1170. The second kappa shape index (κ2) is 5.94. The summed E-state index contributed by atoms with van der Waals surface area (Å²) in [5, 5.41) is 6.07. The lowest BCUT2D eigenvalue weighted by molar-refractivity contribution is 0.0739. The molecule has 1 saturated carbocycles. The lowest BCUT2D eigenvalue weighted by Gasteiger charge is -2.10. The third-order valence-corrected chi connectivity index (χ3v) is 5.05. The van der Waals surface area contributed by atoms with Crippen LogP contribution in [0.3, 0.4) is 0 Å². The van der Waals surface area contributed by atoms with Crippen molar-refractivity contribution in [3.8, 4) is 5.75 Å². The SMILES string of the molecule is CC(C)n1ncc2c(C(=O)Oc3cccc4[nH]ccc34)cc(C3CC3)nc21. The van der Waals surface area contributed by atoms with Crippen LogP contribution in [0.25, 0.3) is 21.9 Å². The molecule has 5 rings (SSSR count). The fourth-order valence-electron chi connectivity index (χ4n) is 3.47. The van der Waals surface area contributed by atoms with Gasteiger partial charge in [0, 0.05) is 34.8 Å². The molecule has 1 aromatic carbocycles. The molecule has 6 nitrogen and oxygen atoms in total. The summed E-state index contributed by atoms with van der Waals surface area (Å²) in [7, 11) is 0. The topological polar surface area (TPSA) is 72.8 Å². The Morgan fingerprint density at radius 2 is 2.11 bits per heavy atom. The fraction of sp³-hybridized carbons (Fsp3) is 0.286. The Morgan fingerprint density at radius 3 is 2.89 bits per heavy atom. The Labute approximate surface area is 156 Å². The Hall–Kier alpha value is -3.15. The van der Waals surface area contributed by atoms with Crippen LogP contribution in [0.1, 0.15) is 54.7 Å². The Morgan fingerprint density at radius 1 is 1.26 bits per heavy atom. The molecule has 1 aliphatic rings. The van der Waals surface area contributed by atoms with Crippen LogP contribution in [0.5, 0.6) is 5.75 Å². The van der Waals surface area contributed by atoms with Crippen molar-refractivity contribution in [2.45, 2.75) is 38.6 Å². The maximum Gasteiger partial charge on any atom is 0.344 e. The molecule has 3 aromatic heterocycles. The molecular formula is C21H20N4O2. The summed E-state index contributed by atoms with van der Waals surface area (Å²) in [6, 6.07) is 9.59. The molecule has 3 heterocycles. The summed E-state index contributed by atoms with van der Waals surface area (Å²) in [5.41, 5.74) is 3.17. The van der Waals surface area contributed by atoms with Crippen LogP contribution in [0.2, 0.25) is 0 Å². The van der Waals surface area contributed by atoms with E-state index in [1.54, 1.807) is 6.20 Å². The van der Waals surface area contributed by atoms with Gasteiger partial charge >= 0.3 is 5.97 Å². The molecule has 0 unspecified atom stereocenters. The number of esters is 1. The van der Waals surface area contributed by atoms with Gasteiger partial charge in [-0.3, -0.25) is 0 Å². The number of aromatic amines is 1. The van der Waals surface area contributed by atoms with Gasteiger partial charge in [0.1, 0.15) is 5.75 Å². The largest absolute Gasteiger partial charge is 0.422 e. The van der Waals surface area contributed by atoms with E-state index in [2.05, 4.69) is 23.9 Å². The van der Waals surface area contributed by atoms with Crippen LogP contribution < -0.4 is 4.74 Å². The highest BCUT2D eigenvalue weighted by Gasteiger charge is 2.28. The molecule has 1 fully saturated rings. The minimum Gasteiger partial charge on any atom is -0.422 e. The van der Waals surface area contributed by atoms with Crippen molar-refractivity contribution < 1.29 is 9.53 Å². The molecule has 0 saturated heterocycles. The smallest absolute Gasteiger partial charge is 0.344 e. The number of hydrogen-bond donors (Lipinski definition) is 1. The van der Waals surface area contributed by atoms with Gasteiger partial charge in [0.15, 0.2) is 5.65 Å². The highest BCUT2D eigenvalue weighted by molar-refractivity contribution is 6.04. The van der Waals surface area contributed by atoms with E-state index in [0.717, 1.165) is 40.5 Å². The quantitative estimate of drug-likeness (QED) is 0.427. The summed E-state index contributed by atoms with van der Waals surface area (Å²) >= 11 is 0. The summed E-state index contributed by atoms with van der Waals surface area (Å²) < 4.78 is 7.65. The standard InChI is InChI=1S/C21H20N4O2/c1-12(2)25-20-16(11-23-25)15(10-18(24-20)13-6-7-13)21(26)27-19-5-3-4-17-14(19)8-9-22-17/h3-5,8-13,22H,6-7H2,1-2H3. The van der Waals surface area contributed by atoms with Crippen LogP contribution in [0, 0.1) is 0 Å². The predicted molar refractivity (Wildman–Crippen MR) is 103 cm³/mol. The Kier molecular flexibility index (Phi) is 3.53. The number of H-pyrrole nitrogens is 1. The molecule has 6 heteroatoms. The van der Waals surface area contributed by atoms with Crippen molar-refractivity contribution in [1.29, 1.82) is 0 Å². The van der Waals surface area contributed by atoms with E-state index in [1.165, 1.54) is 0 Å². The summed E-state index contributed by atoms with van der Waals surface area (Å²) in [6.07, 6.45) is 5.79. The number of ether oxygens (including phenoxy) is 1. The normalized spacial score (nSPS) is 14.3. The van der Waals surface area contributed by atoms with E-state index < -0.39 is 0 Å². The number of pyridine rings is 1. The highest BCUT2D eigenvalue weighted by atomic mass is 16.5. The number of carbonyl (C=O) groups is 1. The minimum atomic E-state index is -0.374. The van der Waals surface area contributed by atoms with Crippen molar-refractivity contribution in [3.05, 3.63) is 54.0 Å². The zero-order chi connectivity index (χ0) is 18.5. The second-order valence-electron chi connectivity index (χ2n) is 7.37. The van der Waals surface area contributed by atoms with Gasteiger partial charge in [0.2, 0.25) is 0 Å². The summed E-state index contributed by atoms with van der Waals surface area (Å²) in [6.45, 7) is 4.12. The van der Waals surface area contributed by atoms with E-state index in [9.17, 15) is 4.79 Å². The number of rotatable bonds is 4. The summed E-state index contributed by atoms with van der Waals surface area (Å²) in [4.78, 5) is 21.0. The molecule has 27 heavy (non-hydrogen) atoms. The number of nitrogens with zero attached hydrogens (tertiary/aromatic N) is 3. The maximum atomic E-state index is 13.1. The van der Waals surface area contributed by atoms with Crippen LogP contribution in [0.4, 0.5) is 0 Å². The first kappa shape index (κ1) is 16.1. The van der Waals surface area contributed by atoms with Gasteiger partial charge in [-0.2, -0.15) is 5.10 Å². The molecule has 0 spiro atoms. The number of nitrogens with one attached hydrogen (secondary N) is 1. The van der Waals surface area contributed by atoms with E-state index in [4.69, 9.17) is 9.72 Å². The second-order valence-corrected chi connectivity index (χ2v) is 7.37. The first-order valence-corrected chi connectivity index (χ1v) is 9.28. The van der Waals surface area contributed by atoms with Gasteiger partial charge in [0.05, 0.1) is 17.1 Å². The van der Waals surface area contributed by atoms with E-state index in [0.29, 0.717) is 17.2 Å². The monoisotopic (exact) mass is 360 g/mol. The third kappa shape index (κ3) is 2.68. The molecular weight excluding hydrogens is 340 g/mol. The lowest BCUT2D eigenvalue weighted by Crippen LogP contribution is -2.11. The fourth-order valence-corrected chi connectivity index (χ4v) is 3.47. The molecule has 0 atom stereocenters. The molecule has 4 aromatic rings. The van der Waals surface area contributed by atoms with Crippen molar-refractivity contribution >= 4 is 27.9 Å². The van der Waals surface area contributed by atoms with Gasteiger partial charge in [-0.25, -0.2) is 14.5 Å². The molecule has 1 N–H and O–H groups in total. The zero-order valence-electron chi connectivity index (χ0n) is 15.3. The van der Waals surface area contributed by atoms with E-state index in [1.807, 2.05) is 41.2 Å². The number of fused-ring (bicyclic) bond motifs is 2. The van der Waals surface area contributed by atoms with Gasteiger partial charge < -0.3 is 9.72 Å². The third-order valence-electron chi connectivity index (χ3n) is 5.05. The zero-order valence-corrected chi connectivity index (χ0v) is 15.3. The average molecular weight is 360 g/mol. The van der Waals surface area contributed by atoms with E-state index in [-0.39, 0.29) is 12.0 Å². The van der Waals surface area contributed by atoms with Crippen LogP contribution in [-0.4, -0.2) is 25.7 Å². The van der Waals surface area contributed by atoms with Gasteiger partial charge in [0.25, 0.3) is 0 Å². The highest BCUT2D eigenvalue weighted by Crippen LogP contribution is 2.40. The molecule has 1 aliphatic carbocycles. The van der Waals surface area contributed by atoms with Crippen molar-refractivity contribution in [3.63, 3.8) is 0 Å².